The van der Waals surface area contributed by atoms with Gasteiger partial charge in [0.05, 0.1) is 13.2 Å². The molecule has 2 N–H and O–H groups in total. The molecule has 0 aromatic heterocycles. The van der Waals surface area contributed by atoms with Crippen LogP contribution in [0.2, 0.25) is 0 Å². The summed E-state index contributed by atoms with van der Waals surface area (Å²) < 4.78 is 5.61. The Labute approximate surface area is 190 Å². The van der Waals surface area contributed by atoms with Crippen molar-refractivity contribution in [3.05, 3.63) is 59.7 Å². The summed E-state index contributed by atoms with van der Waals surface area (Å²) >= 11 is 0. The lowest BCUT2D eigenvalue weighted by Crippen LogP contribution is -2.41. The van der Waals surface area contributed by atoms with E-state index in [1.807, 2.05) is 42.5 Å². The molecule has 2 aliphatic rings. The van der Waals surface area contributed by atoms with Crippen LogP contribution in [0.4, 0.5) is 5.69 Å². The van der Waals surface area contributed by atoms with Gasteiger partial charge in [0.1, 0.15) is 5.75 Å². The van der Waals surface area contributed by atoms with Gasteiger partial charge in [-0.05, 0) is 56.5 Å². The van der Waals surface area contributed by atoms with E-state index in [0.717, 1.165) is 35.7 Å². The Bertz CT molecular complexity index is 939. The minimum absolute atomic E-state index is 0.00596. The molecule has 6 heteroatoms. The fraction of sp³-hybridized carbons (Fsp3) is 0.462. The molecule has 0 spiro atoms. The number of methoxy groups -OCH3 is 1. The first-order chi connectivity index (χ1) is 15.7. The molecule has 1 fully saturated rings. The SMILES string of the molecule is COc1ccccc1C(CNC(=O)CCC1Cc2ccccc2NC1=O)N1CCCCC1. The number of anilines is 1. The van der Waals surface area contributed by atoms with Gasteiger partial charge in [-0.3, -0.25) is 14.5 Å². The maximum atomic E-state index is 12.7. The smallest absolute Gasteiger partial charge is 0.227 e. The highest BCUT2D eigenvalue weighted by molar-refractivity contribution is 5.96. The topological polar surface area (TPSA) is 70.7 Å². The second-order valence-electron chi connectivity index (χ2n) is 8.74. The average molecular weight is 436 g/mol. The van der Waals surface area contributed by atoms with Gasteiger partial charge in [-0.1, -0.05) is 42.8 Å². The fourth-order valence-corrected chi connectivity index (χ4v) is 4.86. The zero-order chi connectivity index (χ0) is 22.3. The Balaban J connectivity index is 1.35. The number of para-hydroxylation sites is 2. The average Bonchev–Trinajstić information content (AvgIpc) is 2.83. The first-order valence-electron chi connectivity index (χ1n) is 11.7. The highest BCUT2D eigenvalue weighted by Gasteiger charge is 2.28. The van der Waals surface area contributed by atoms with Gasteiger partial charge in [0, 0.05) is 30.1 Å². The molecule has 32 heavy (non-hydrogen) atoms. The van der Waals surface area contributed by atoms with Crippen LogP contribution in [0.25, 0.3) is 0 Å². The standard InChI is InChI=1S/C26H33N3O3/c1-32-24-12-6-4-10-21(24)23(29-15-7-2-8-16-29)18-27-25(30)14-13-20-17-19-9-3-5-11-22(19)28-26(20)31/h3-6,9-12,20,23H,2,7-8,13-18H2,1H3,(H,27,30)(H,28,31). The summed E-state index contributed by atoms with van der Waals surface area (Å²) in [6, 6.07) is 16.0. The van der Waals surface area contributed by atoms with Gasteiger partial charge in [-0.25, -0.2) is 0 Å². The highest BCUT2D eigenvalue weighted by atomic mass is 16.5. The van der Waals surface area contributed by atoms with Crippen molar-refractivity contribution in [1.82, 2.24) is 10.2 Å². The van der Waals surface area contributed by atoms with E-state index in [9.17, 15) is 9.59 Å². The third kappa shape index (κ3) is 5.30. The maximum Gasteiger partial charge on any atom is 0.227 e. The highest BCUT2D eigenvalue weighted by Crippen LogP contribution is 2.31. The van der Waals surface area contributed by atoms with Crippen LogP contribution in [-0.4, -0.2) is 43.5 Å². The number of rotatable bonds is 8. The van der Waals surface area contributed by atoms with Crippen LogP contribution in [0.5, 0.6) is 5.75 Å². The van der Waals surface area contributed by atoms with Gasteiger partial charge in [-0.2, -0.15) is 0 Å². The van der Waals surface area contributed by atoms with E-state index in [1.165, 1.54) is 19.3 Å². The molecule has 2 atom stereocenters. The van der Waals surface area contributed by atoms with E-state index in [4.69, 9.17) is 4.74 Å². The molecule has 2 aromatic rings. The van der Waals surface area contributed by atoms with Crippen LogP contribution < -0.4 is 15.4 Å². The van der Waals surface area contributed by atoms with Crippen molar-refractivity contribution in [1.29, 1.82) is 0 Å². The number of ether oxygens (including phenoxy) is 1. The second-order valence-corrected chi connectivity index (χ2v) is 8.74. The van der Waals surface area contributed by atoms with Gasteiger partial charge in [0.15, 0.2) is 0 Å². The van der Waals surface area contributed by atoms with Crippen molar-refractivity contribution in [2.24, 2.45) is 5.92 Å². The Kier molecular flexibility index (Phi) is 7.43. The predicted octanol–water partition coefficient (Wildman–Crippen LogP) is 3.93. The summed E-state index contributed by atoms with van der Waals surface area (Å²) in [7, 11) is 1.69. The number of benzene rings is 2. The zero-order valence-electron chi connectivity index (χ0n) is 18.8. The summed E-state index contributed by atoms with van der Waals surface area (Å²) in [5, 5.41) is 6.11. The third-order valence-corrected chi connectivity index (χ3v) is 6.65. The molecule has 4 rings (SSSR count). The summed E-state index contributed by atoms with van der Waals surface area (Å²) in [6.45, 7) is 2.60. The fourth-order valence-electron chi connectivity index (χ4n) is 4.86. The normalized spacial score (nSPS) is 19.5. The summed E-state index contributed by atoms with van der Waals surface area (Å²) in [5.41, 5.74) is 3.14. The number of fused-ring (bicyclic) bond motifs is 1. The summed E-state index contributed by atoms with van der Waals surface area (Å²) in [5.74, 6) is 0.697. The quantitative estimate of drug-likeness (QED) is 0.659. The predicted molar refractivity (Wildman–Crippen MR) is 126 cm³/mol. The summed E-state index contributed by atoms with van der Waals surface area (Å²) in [4.78, 5) is 27.6. The minimum Gasteiger partial charge on any atom is -0.496 e. The number of hydrogen-bond acceptors (Lipinski definition) is 4. The summed E-state index contributed by atoms with van der Waals surface area (Å²) in [6.07, 6.45) is 5.20. The van der Waals surface area contributed by atoms with Gasteiger partial charge < -0.3 is 15.4 Å². The lowest BCUT2D eigenvalue weighted by atomic mass is 9.89. The van der Waals surface area contributed by atoms with Crippen LogP contribution in [0.15, 0.2) is 48.5 Å². The molecule has 1 saturated heterocycles. The van der Waals surface area contributed by atoms with Crippen LogP contribution in [0, 0.1) is 5.92 Å². The van der Waals surface area contributed by atoms with Crippen LogP contribution >= 0.6 is 0 Å². The van der Waals surface area contributed by atoms with E-state index in [1.54, 1.807) is 7.11 Å². The molecule has 170 valence electrons. The molecule has 0 bridgehead atoms. The van der Waals surface area contributed by atoms with Gasteiger partial charge in [0.25, 0.3) is 0 Å². The number of likely N-dealkylation sites (tertiary alicyclic amines) is 1. The first-order valence-corrected chi connectivity index (χ1v) is 11.7. The van der Waals surface area contributed by atoms with Crippen LogP contribution in [0.3, 0.4) is 0 Å². The van der Waals surface area contributed by atoms with Crippen LogP contribution in [0.1, 0.15) is 49.3 Å². The van der Waals surface area contributed by atoms with Gasteiger partial charge >= 0.3 is 0 Å². The Morgan fingerprint density at radius 2 is 1.88 bits per heavy atom. The molecular weight excluding hydrogens is 402 g/mol. The minimum atomic E-state index is -0.164. The largest absolute Gasteiger partial charge is 0.496 e. The second kappa shape index (κ2) is 10.6. The monoisotopic (exact) mass is 435 g/mol. The molecule has 2 aliphatic heterocycles. The van der Waals surface area contributed by atoms with E-state index < -0.39 is 0 Å². The van der Waals surface area contributed by atoms with Gasteiger partial charge in [-0.15, -0.1) is 0 Å². The Morgan fingerprint density at radius 3 is 2.69 bits per heavy atom. The molecule has 0 aliphatic carbocycles. The Morgan fingerprint density at radius 1 is 1.12 bits per heavy atom. The zero-order valence-corrected chi connectivity index (χ0v) is 18.8. The molecule has 6 nitrogen and oxygen atoms in total. The number of piperidine rings is 1. The van der Waals surface area contributed by atoms with Crippen molar-refractivity contribution < 1.29 is 14.3 Å². The lowest BCUT2D eigenvalue weighted by Gasteiger charge is -2.35. The van der Waals surface area contributed by atoms with Gasteiger partial charge in [0.2, 0.25) is 11.8 Å². The molecule has 2 unspecified atom stereocenters. The first kappa shape index (κ1) is 22.3. The molecule has 2 amide bonds. The number of nitrogens with zero attached hydrogens (tertiary/aromatic N) is 1. The van der Waals surface area contributed by atoms with Crippen molar-refractivity contribution in [2.45, 2.75) is 44.6 Å². The number of amides is 2. The van der Waals surface area contributed by atoms with Crippen molar-refractivity contribution in [3.63, 3.8) is 0 Å². The lowest BCUT2D eigenvalue weighted by molar-refractivity contribution is -0.123. The van der Waals surface area contributed by atoms with Crippen molar-refractivity contribution >= 4 is 17.5 Å². The third-order valence-electron chi connectivity index (χ3n) is 6.65. The number of carbonyl (C=O) groups excluding carboxylic acids is 2. The molecule has 0 radical (unpaired) electrons. The van der Waals surface area contributed by atoms with Crippen molar-refractivity contribution in [3.8, 4) is 5.75 Å². The maximum absolute atomic E-state index is 12.7. The van der Waals surface area contributed by atoms with E-state index in [-0.39, 0.29) is 23.8 Å². The Hall–Kier alpha value is -2.86. The van der Waals surface area contributed by atoms with E-state index in [2.05, 4.69) is 21.6 Å². The van der Waals surface area contributed by atoms with E-state index in [0.29, 0.717) is 25.8 Å². The van der Waals surface area contributed by atoms with E-state index >= 15 is 0 Å². The molecule has 2 aromatic carbocycles. The molecule has 2 heterocycles. The van der Waals surface area contributed by atoms with Crippen molar-refractivity contribution in [2.75, 3.05) is 32.1 Å². The number of nitrogens with one attached hydrogen (secondary N) is 2. The number of carbonyl (C=O) groups is 2. The van der Waals surface area contributed by atoms with Crippen LogP contribution in [-0.2, 0) is 16.0 Å². The molecule has 0 saturated carbocycles. The molecular formula is C26H33N3O3. The number of hydrogen-bond donors (Lipinski definition) is 2.